The summed E-state index contributed by atoms with van der Waals surface area (Å²) in [5.41, 5.74) is 5.72. The number of hydrogen-bond acceptors (Lipinski definition) is 7. The van der Waals surface area contributed by atoms with Gasteiger partial charge in [0.25, 0.3) is 0 Å². The third-order valence-electron chi connectivity index (χ3n) is 2.10. The Morgan fingerprint density at radius 3 is 2.22 bits per heavy atom. The second-order valence-electron chi connectivity index (χ2n) is 3.79. The van der Waals surface area contributed by atoms with Crippen LogP contribution >= 0.6 is 11.8 Å². The van der Waals surface area contributed by atoms with E-state index in [0.29, 0.717) is 5.75 Å². The fraction of sp³-hybridized carbons (Fsp3) is 0.727. The first kappa shape index (κ1) is 16.9. The average Bonchev–Trinajstić information content (AvgIpc) is 2.32. The highest BCUT2D eigenvalue weighted by molar-refractivity contribution is 8.00. The SMILES string of the molecule is COC(=O)CC(SC[C@H](N)CC(C)=O)C(=O)OC. The van der Waals surface area contributed by atoms with Crippen LogP contribution in [-0.2, 0) is 23.9 Å². The lowest BCUT2D eigenvalue weighted by Gasteiger charge is -2.15. The minimum atomic E-state index is -0.652. The standard InChI is InChI=1S/C11H19NO5S/c1-7(13)4-8(12)6-18-9(11(15)17-3)5-10(14)16-2/h8-9H,4-6,12H2,1-3H3/t8-,9?/m1/s1. The van der Waals surface area contributed by atoms with E-state index in [1.165, 1.54) is 32.9 Å². The lowest BCUT2D eigenvalue weighted by Crippen LogP contribution is -2.30. The molecule has 0 rings (SSSR count). The molecule has 0 saturated carbocycles. The molecule has 0 saturated heterocycles. The van der Waals surface area contributed by atoms with Crippen molar-refractivity contribution < 1.29 is 23.9 Å². The average molecular weight is 277 g/mol. The van der Waals surface area contributed by atoms with Gasteiger partial charge in [-0.1, -0.05) is 0 Å². The number of Topliss-reactive ketones (excluding diaryl/α,β-unsaturated/α-hetero) is 1. The van der Waals surface area contributed by atoms with E-state index in [1.54, 1.807) is 0 Å². The third kappa shape index (κ3) is 7.29. The molecule has 0 aliphatic rings. The molecule has 0 aromatic rings. The number of carbonyl (C=O) groups excluding carboxylic acids is 3. The summed E-state index contributed by atoms with van der Waals surface area (Å²) in [6.07, 6.45) is 0.180. The molecular formula is C11H19NO5S. The maximum absolute atomic E-state index is 11.4. The van der Waals surface area contributed by atoms with E-state index in [4.69, 9.17) is 5.73 Å². The van der Waals surface area contributed by atoms with Crippen LogP contribution in [0.3, 0.4) is 0 Å². The predicted molar refractivity (Wildman–Crippen MR) is 68.2 cm³/mol. The number of nitrogens with two attached hydrogens (primary N) is 1. The van der Waals surface area contributed by atoms with Gasteiger partial charge in [-0.15, -0.1) is 11.8 Å². The van der Waals surface area contributed by atoms with Crippen LogP contribution in [0.15, 0.2) is 0 Å². The molecule has 0 fully saturated rings. The second kappa shape index (κ2) is 8.93. The Bertz CT molecular complexity index is 308. The van der Waals surface area contributed by atoms with Crippen LogP contribution in [0.25, 0.3) is 0 Å². The number of ether oxygens (including phenoxy) is 2. The smallest absolute Gasteiger partial charge is 0.319 e. The van der Waals surface area contributed by atoms with Crippen LogP contribution in [0, 0.1) is 0 Å². The number of esters is 2. The molecule has 104 valence electrons. The Labute approximate surface area is 111 Å². The lowest BCUT2D eigenvalue weighted by molar-refractivity contribution is -0.146. The van der Waals surface area contributed by atoms with Crippen molar-refractivity contribution in [2.45, 2.75) is 31.1 Å². The molecular weight excluding hydrogens is 258 g/mol. The van der Waals surface area contributed by atoms with Crippen LogP contribution in [0.5, 0.6) is 0 Å². The number of rotatable bonds is 8. The molecule has 2 N–H and O–H groups in total. The molecule has 0 spiro atoms. The summed E-state index contributed by atoms with van der Waals surface area (Å²) in [7, 11) is 2.51. The monoisotopic (exact) mass is 277 g/mol. The van der Waals surface area contributed by atoms with E-state index < -0.39 is 17.2 Å². The number of methoxy groups -OCH3 is 2. The molecule has 18 heavy (non-hydrogen) atoms. The molecule has 2 atom stereocenters. The summed E-state index contributed by atoms with van der Waals surface area (Å²) >= 11 is 1.20. The summed E-state index contributed by atoms with van der Waals surface area (Å²) in [6, 6.07) is -0.336. The van der Waals surface area contributed by atoms with Crippen LogP contribution in [-0.4, -0.2) is 49.0 Å². The van der Waals surface area contributed by atoms with Crippen molar-refractivity contribution in [3.05, 3.63) is 0 Å². The molecule has 0 aliphatic heterocycles. The first-order valence-corrected chi connectivity index (χ1v) is 6.46. The summed E-state index contributed by atoms with van der Waals surface area (Å²) in [5.74, 6) is -0.597. The maximum atomic E-state index is 11.4. The van der Waals surface area contributed by atoms with Crippen LogP contribution in [0.2, 0.25) is 0 Å². The van der Waals surface area contributed by atoms with Gasteiger partial charge < -0.3 is 15.2 Å². The van der Waals surface area contributed by atoms with Gasteiger partial charge in [-0.3, -0.25) is 14.4 Å². The summed E-state index contributed by atoms with van der Waals surface area (Å²) in [5, 5.41) is -0.652. The highest BCUT2D eigenvalue weighted by atomic mass is 32.2. The van der Waals surface area contributed by atoms with Crippen molar-refractivity contribution in [1.82, 2.24) is 0 Å². The van der Waals surface area contributed by atoms with Crippen molar-refractivity contribution in [3.63, 3.8) is 0 Å². The molecule has 0 bridgehead atoms. The minimum absolute atomic E-state index is 0.00862. The molecule has 7 heteroatoms. The molecule has 0 amide bonds. The largest absolute Gasteiger partial charge is 0.469 e. The zero-order valence-electron chi connectivity index (χ0n) is 10.8. The third-order valence-corrected chi connectivity index (χ3v) is 3.49. The predicted octanol–water partition coefficient (Wildman–Crippen LogP) is 0.131. The van der Waals surface area contributed by atoms with Gasteiger partial charge in [-0.25, -0.2) is 0 Å². The molecule has 0 aromatic carbocycles. The van der Waals surface area contributed by atoms with E-state index >= 15 is 0 Å². The van der Waals surface area contributed by atoms with E-state index in [9.17, 15) is 14.4 Å². The van der Waals surface area contributed by atoms with Gasteiger partial charge in [0, 0.05) is 18.2 Å². The van der Waals surface area contributed by atoms with Crippen molar-refractivity contribution in [3.8, 4) is 0 Å². The summed E-state index contributed by atoms with van der Waals surface area (Å²) in [4.78, 5) is 33.4. The van der Waals surface area contributed by atoms with Gasteiger partial charge in [0.1, 0.15) is 11.0 Å². The van der Waals surface area contributed by atoms with E-state index in [0.717, 1.165) is 0 Å². The number of carbonyl (C=O) groups is 3. The zero-order chi connectivity index (χ0) is 14.1. The molecule has 0 aliphatic carbocycles. The summed E-state index contributed by atoms with van der Waals surface area (Å²) < 4.78 is 9.10. The van der Waals surface area contributed by atoms with Gasteiger partial charge >= 0.3 is 11.9 Å². The first-order chi connectivity index (χ1) is 8.40. The normalized spacial score (nSPS) is 13.6. The van der Waals surface area contributed by atoms with Gasteiger partial charge in [-0.05, 0) is 6.92 Å². The van der Waals surface area contributed by atoms with Crippen LogP contribution in [0.1, 0.15) is 19.8 Å². The van der Waals surface area contributed by atoms with Crippen molar-refractivity contribution in [1.29, 1.82) is 0 Å². The highest BCUT2D eigenvalue weighted by Crippen LogP contribution is 2.18. The van der Waals surface area contributed by atoms with Crippen LogP contribution in [0.4, 0.5) is 0 Å². The van der Waals surface area contributed by atoms with Gasteiger partial charge in [0.15, 0.2) is 0 Å². The van der Waals surface area contributed by atoms with Gasteiger partial charge in [-0.2, -0.15) is 0 Å². The lowest BCUT2D eigenvalue weighted by atomic mass is 10.2. The Morgan fingerprint density at radius 2 is 1.78 bits per heavy atom. The maximum Gasteiger partial charge on any atom is 0.319 e. The molecule has 6 nitrogen and oxygen atoms in total. The fourth-order valence-corrected chi connectivity index (χ4v) is 2.33. The number of thioether (sulfide) groups is 1. The Balaban J connectivity index is 4.28. The Kier molecular flexibility index (Phi) is 8.40. The van der Waals surface area contributed by atoms with E-state index in [2.05, 4.69) is 9.47 Å². The van der Waals surface area contributed by atoms with Crippen molar-refractivity contribution in [2.24, 2.45) is 5.73 Å². The topological polar surface area (TPSA) is 95.7 Å². The van der Waals surface area contributed by atoms with Gasteiger partial charge in [0.2, 0.25) is 0 Å². The minimum Gasteiger partial charge on any atom is -0.469 e. The molecule has 0 aromatic heterocycles. The molecule has 0 heterocycles. The fourth-order valence-electron chi connectivity index (χ4n) is 1.24. The van der Waals surface area contributed by atoms with E-state index in [1.807, 2.05) is 0 Å². The molecule has 1 unspecified atom stereocenters. The van der Waals surface area contributed by atoms with Crippen LogP contribution < -0.4 is 5.73 Å². The van der Waals surface area contributed by atoms with Crippen molar-refractivity contribution >= 4 is 29.5 Å². The van der Waals surface area contributed by atoms with Gasteiger partial charge in [0.05, 0.1) is 20.6 Å². The summed E-state index contributed by atoms with van der Waals surface area (Å²) in [6.45, 7) is 1.46. The Morgan fingerprint density at radius 1 is 1.17 bits per heavy atom. The number of hydrogen-bond donors (Lipinski definition) is 1. The number of ketones is 1. The molecule has 0 radical (unpaired) electrons. The Hall–Kier alpha value is -1.08. The quantitative estimate of drug-likeness (QED) is 0.630. The van der Waals surface area contributed by atoms with Crippen molar-refractivity contribution in [2.75, 3.05) is 20.0 Å². The van der Waals surface area contributed by atoms with E-state index in [-0.39, 0.29) is 24.7 Å². The zero-order valence-corrected chi connectivity index (χ0v) is 11.6. The highest BCUT2D eigenvalue weighted by Gasteiger charge is 2.24. The first-order valence-electron chi connectivity index (χ1n) is 5.42. The second-order valence-corrected chi connectivity index (χ2v) is 5.03.